The largest absolute Gasteiger partial charge is 0.317 e. The highest BCUT2D eigenvalue weighted by atomic mass is 35.5. The molecule has 6 heteroatoms. The van der Waals surface area contributed by atoms with Crippen molar-refractivity contribution in [3.8, 4) is 0 Å². The van der Waals surface area contributed by atoms with Crippen LogP contribution in [0.2, 0.25) is 0 Å². The van der Waals surface area contributed by atoms with Crippen LogP contribution in [0.25, 0.3) is 0 Å². The Bertz CT molecular complexity index is 430. The predicted molar refractivity (Wildman–Crippen MR) is 70.0 cm³/mol. The topological polar surface area (TPSA) is 59.1 Å². The zero-order valence-electron chi connectivity index (χ0n) is 9.50. The molecule has 0 spiro atoms. The van der Waals surface area contributed by atoms with Gasteiger partial charge in [0.15, 0.2) is 9.84 Å². The Kier molecular flexibility index (Phi) is 5.36. The SMILES string of the molecule is Cl.O=S(=O)(Cc1ccncc1)C1CCNCC1. The van der Waals surface area contributed by atoms with Crippen LogP contribution < -0.4 is 5.32 Å². The van der Waals surface area contributed by atoms with Crippen molar-refractivity contribution in [3.63, 3.8) is 0 Å². The number of piperidine rings is 1. The quantitative estimate of drug-likeness (QED) is 0.900. The molecule has 1 fully saturated rings. The lowest BCUT2D eigenvalue weighted by molar-refractivity contribution is 0.496. The number of hydrogen-bond acceptors (Lipinski definition) is 4. The van der Waals surface area contributed by atoms with Crippen molar-refractivity contribution in [1.82, 2.24) is 10.3 Å². The highest BCUT2D eigenvalue weighted by Gasteiger charge is 2.26. The zero-order valence-corrected chi connectivity index (χ0v) is 11.1. The average Bonchev–Trinajstić information content (AvgIpc) is 2.31. The van der Waals surface area contributed by atoms with Gasteiger partial charge in [0.2, 0.25) is 0 Å². The van der Waals surface area contributed by atoms with Crippen LogP contribution in [-0.4, -0.2) is 31.7 Å². The number of nitrogens with zero attached hydrogens (tertiary/aromatic N) is 1. The van der Waals surface area contributed by atoms with Gasteiger partial charge >= 0.3 is 0 Å². The normalized spacial score (nSPS) is 17.4. The molecular formula is C11H17ClN2O2S. The molecule has 1 aromatic heterocycles. The number of pyridine rings is 1. The van der Waals surface area contributed by atoms with Crippen LogP contribution in [0.5, 0.6) is 0 Å². The molecule has 0 radical (unpaired) electrons. The van der Waals surface area contributed by atoms with E-state index in [-0.39, 0.29) is 23.4 Å². The van der Waals surface area contributed by atoms with Gasteiger partial charge in [-0.1, -0.05) is 0 Å². The fourth-order valence-corrected chi connectivity index (χ4v) is 3.83. The summed E-state index contributed by atoms with van der Waals surface area (Å²) in [6.07, 6.45) is 4.72. The fraction of sp³-hybridized carbons (Fsp3) is 0.545. The van der Waals surface area contributed by atoms with Gasteiger partial charge in [-0.25, -0.2) is 8.42 Å². The third-order valence-corrected chi connectivity index (χ3v) is 5.13. The Balaban J connectivity index is 0.00000144. The molecule has 0 aliphatic carbocycles. The first-order valence-corrected chi connectivity index (χ1v) is 7.21. The van der Waals surface area contributed by atoms with Gasteiger partial charge in [-0.2, -0.15) is 0 Å². The fourth-order valence-electron chi connectivity index (χ4n) is 1.98. The van der Waals surface area contributed by atoms with Gasteiger partial charge < -0.3 is 5.32 Å². The second-order valence-electron chi connectivity index (χ2n) is 4.11. The molecule has 96 valence electrons. The van der Waals surface area contributed by atoms with E-state index in [2.05, 4.69) is 10.3 Å². The minimum absolute atomic E-state index is 0. The first-order chi connectivity index (χ1) is 7.68. The number of nitrogens with one attached hydrogen (secondary N) is 1. The maximum atomic E-state index is 12.1. The molecule has 2 rings (SSSR count). The van der Waals surface area contributed by atoms with Gasteiger partial charge in [0.05, 0.1) is 11.0 Å². The van der Waals surface area contributed by atoms with Crippen molar-refractivity contribution in [3.05, 3.63) is 30.1 Å². The van der Waals surface area contributed by atoms with Gasteiger partial charge in [-0.3, -0.25) is 4.98 Å². The van der Waals surface area contributed by atoms with E-state index in [0.717, 1.165) is 31.5 Å². The second kappa shape index (κ2) is 6.33. The van der Waals surface area contributed by atoms with Crippen molar-refractivity contribution in [2.45, 2.75) is 23.8 Å². The van der Waals surface area contributed by atoms with Crippen molar-refractivity contribution < 1.29 is 8.42 Å². The summed E-state index contributed by atoms with van der Waals surface area (Å²) in [5, 5.41) is 3.00. The molecule has 0 saturated carbocycles. The van der Waals surface area contributed by atoms with Gasteiger partial charge in [0.25, 0.3) is 0 Å². The Morgan fingerprint density at radius 1 is 1.24 bits per heavy atom. The molecule has 17 heavy (non-hydrogen) atoms. The van der Waals surface area contributed by atoms with Crippen molar-refractivity contribution >= 4 is 22.2 Å². The predicted octanol–water partition coefficient (Wildman–Crippen LogP) is 1.17. The summed E-state index contributed by atoms with van der Waals surface area (Å²) in [4.78, 5) is 3.88. The smallest absolute Gasteiger partial charge is 0.157 e. The van der Waals surface area contributed by atoms with Crippen LogP contribution in [0.3, 0.4) is 0 Å². The van der Waals surface area contributed by atoms with Gasteiger partial charge in [0, 0.05) is 12.4 Å². The van der Waals surface area contributed by atoms with Crippen LogP contribution in [0.1, 0.15) is 18.4 Å². The molecule has 0 atom stereocenters. The first-order valence-electron chi connectivity index (χ1n) is 5.50. The van der Waals surface area contributed by atoms with Crippen LogP contribution in [0, 0.1) is 0 Å². The van der Waals surface area contributed by atoms with E-state index in [1.165, 1.54) is 0 Å². The molecule has 1 aliphatic heterocycles. The van der Waals surface area contributed by atoms with E-state index in [1.807, 2.05) is 0 Å². The first kappa shape index (κ1) is 14.4. The standard InChI is InChI=1S/C11H16N2O2S.ClH/c14-16(15,11-3-7-13-8-4-11)9-10-1-5-12-6-2-10;/h1-2,5-6,11,13H,3-4,7-9H2;1H. The number of halogens is 1. The van der Waals surface area contributed by atoms with E-state index in [4.69, 9.17) is 0 Å². The molecular weight excluding hydrogens is 260 g/mol. The molecule has 1 saturated heterocycles. The summed E-state index contributed by atoms with van der Waals surface area (Å²) >= 11 is 0. The lowest BCUT2D eigenvalue weighted by atomic mass is 10.2. The highest BCUT2D eigenvalue weighted by Crippen LogP contribution is 2.17. The maximum absolute atomic E-state index is 12.1. The monoisotopic (exact) mass is 276 g/mol. The number of rotatable bonds is 3. The van der Waals surface area contributed by atoms with E-state index in [9.17, 15) is 8.42 Å². The van der Waals surface area contributed by atoms with Crippen LogP contribution in [0.4, 0.5) is 0 Å². The molecule has 1 N–H and O–H groups in total. The van der Waals surface area contributed by atoms with Gasteiger partial charge in [-0.05, 0) is 43.6 Å². The Morgan fingerprint density at radius 3 is 2.41 bits per heavy atom. The number of sulfone groups is 1. The van der Waals surface area contributed by atoms with Gasteiger partial charge in [0.1, 0.15) is 0 Å². The highest BCUT2D eigenvalue weighted by molar-refractivity contribution is 7.91. The molecule has 0 bridgehead atoms. The van der Waals surface area contributed by atoms with Crippen molar-refractivity contribution in [2.75, 3.05) is 13.1 Å². The Morgan fingerprint density at radius 2 is 1.82 bits per heavy atom. The van der Waals surface area contributed by atoms with E-state index in [1.54, 1.807) is 24.5 Å². The van der Waals surface area contributed by atoms with Crippen molar-refractivity contribution in [1.29, 1.82) is 0 Å². The van der Waals surface area contributed by atoms with Gasteiger partial charge in [-0.15, -0.1) is 12.4 Å². The Labute approximate surface area is 108 Å². The summed E-state index contributed by atoms with van der Waals surface area (Å²) in [6.45, 7) is 1.61. The molecule has 2 heterocycles. The van der Waals surface area contributed by atoms with E-state index in [0.29, 0.717) is 0 Å². The average molecular weight is 277 g/mol. The summed E-state index contributed by atoms with van der Waals surface area (Å²) in [7, 11) is -3.00. The molecule has 1 aliphatic rings. The Hall–Kier alpha value is -0.650. The lowest BCUT2D eigenvalue weighted by Gasteiger charge is -2.22. The summed E-state index contributed by atoms with van der Waals surface area (Å²) in [5.41, 5.74) is 0.827. The second-order valence-corrected chi connectivity index (χ2v) is 6.39. The number of aromatic nitrogens is 1. The molecule has 0 unspecified atom stereocenters. The third-order valence-electron chi connectivity index (χ3n) is 2.91. The number of hydrogen-bond donors (Lipinski definition) is 1. The minimum Gasteiger partial charge on any atom is -0.317 e. The molecule has 4 nitrogen and oxygen atoms in total. The van der Waals surface area contributed by atoms with E-state index < -0.39 is 9.84 Å². The molecule has 0 aromatic carbocycles. The molecule has 0 amide bonds. The zero-order chi connectivity index (χ0) is 11.4. The summed E-state index contributed by atoms with van der Waals surface area (Å²) in [5.74, 6) is 0.139. The third kappa shape index (κ3) is 3.94. The summed E-state index contributed by atoms with van der Waals surface area (Å²) < 4.78 is 24.2. The van der Waals surface area contributed by atoms with Crippen molar-refractivity contribution in [2.24, 2.45) is 0 Å². The van der Waals surface area contributed by atoms with E-state index >= 15 is 0 Å². The maximum Gasteiger partial charge on any atom is 0.157 e. The van der Waals surface area contributed by atoms with Crippen LogP contribution in [-0.2, 0) is 15.6 Å². The molecule has 1 aromatic rings. The van der Waals surface area contributed by atoms with Crippen LogP contribution >= 0.6 is 12.4 Å². The lowest BCUT2D eigenvalue weighted by Crippen LogP contribution is -2.36. The minimum atomic E-state index is -3.00. The van der Waals surface area contributed by atoms with Crippen LogP contribution in [0.15, 0.2) is 24.5 Å². The summed E-state index contributed by atoms with van der Waals surface area (Å²) in [6, 6.07) is 3.53.